The van der Waals surface area contributed by atoms with Gasteiger partial charge in [0, 0.05) is 7.05 Å². The second-order valence-corrected chi connectivity index (χ2v) is 4.42. The molecule has 1 rings (SSSR count). The molecule has 3 heteroatoms. The quantitative estimate of drug-likeness (QED) is 0.523. The van der Waals surface area contributed by atoms with Crippen LogP contribution in [-0.2, 0) is 4.79 Å². The Balaban J connectivity index is 2.98. The minimum Gasteiger partial charge on any atom is -0.298 e. The van der Waals surface area contributed by atoms with E-state index in [-0.39, 0.29) is 11.3 Å². The Hall–Kier alpha value is -1.12. The van der Waals surface area contributed by atoms with Gasteiger partial charge in [0.05, 0.1) is 0 Å². The molecule has 1 amide bonds. The van der Waals surface area contributed by atoms with E-state index in [9.17, 15) is 4.79 Å². The number of amidine groups is 1. The van der Waals surface area contributed by atoms with Crippen LogP contribution in [0.5, 0.6) is 0 Å². The lowest BCUT2D eigenvalue weighted by atomic mass is 9.95. The van der Waals surface area contributed by atoms with Gasteiger partial charge in [-0.05, 0) is 18.4 Å². The van der Waals surface area contributed by atoms with Crippen LogP contribution in [0.3, 0.4) is 0 Å². The number of rotatable bonds is 0. The monoisotopic (exact) mass is 180 g/mol. The van der Waals surface area contributed by atoms with Crippen LogP contribution in [0.1, 0.15) is 27.7 Å². The molecule has 0 bridgehead atoms. The third-order valence-corrected chi connectivity index (χ3v) is 1.86. The average molecular weight is 180 g/mol. The molecule has 1 aliphatic heterocycles. The number of allylic oxidation sites excluding steroid dienone is 1. The first kappa shape index (κ1) is 9.96. The van der Waals surface area contributed by atoms with Crippen LogP contribution in [0.15, 0.2) is 16.8 Å². The fourth-order valence-electron chi connectivity index (χ4n) is 1.12. The number of carbonyl (C=O) groups is 1. The molecule has 0 atom stereocenters. The number of hydrogen-bond acceptors (Lipinski definition) is 2. The summed E-state index contributed by atoms with van der Waals surface area (Å²) in [7, 11) is 1.74. The van der Waals surface area contributed by atoms with Gasteiger partial charge in [-0.1, -0.05) is 20.8 Å². The molecule has 1 aliphatic rings. The first-order chi connectivity index (χ1) is 5.81. The van der Waals surface area contributed by atoms with Crippen LogP contribution >= 0.6 is 0 Å². The Morgan fingerprint density at radius 2 is 1.92 bits per heavy atom. The summed E-state index contributed by atoms with van der Waals surface area (Å²) in [6, 6.07) is 0. The van der Waals surface area contributed by atoms with Gasteiger partial charge >= 0.3 is 0 Å². The normalized spacial score (nSPS) is 21.3. The number of likely N-dealkylation sites (N-methyl/N-ethyl adjacent to an activating group) is 1. The highest BCUT2D eigenvalue weighted by Crippen LogP contribution is 2.22. The second kappa shape index (κ2) is 2.98. The highest BCUT2D eigenvalue weighted by Gasteiger charge is 2.25. The van der Waals surface area contributed by atoms with E-state index in [1.165, 1.54) is 0 Å². The molecule has 0 fully saturated rings. The van der Waals surface area contributed by atoms with E-state index >= 15 is 0 Å². The predicted molar refractivity (Wildman–Crippen MR) is 53.4 cm³/mol. The molecule has 3 nitrogen and oxygen atoms in total. The van der Waals surface area contributed by atoms with Crippen LogP contribution in [0, 0.1) is 5.41 Å². The molecule has 0 unspecified atom stereocenters. The smallest absolute Gasteiger partial charge is 0.277 e. The van der Waals surface area contributed by atoms with Gasteiger partial charge in [-0.15, -0.1) is 0 Å². The maximum Gasteiger partial charge on any atom is 0.277 e. The van der Waals surface area contributed by atoms with Gasteiger partial charge in [-0.2, -0.15) is 0 Å². The van der Waals surface area contributed by atoms with Gasteiger partial charge in [-0.25, -0.2) is 4.99 Å². The van der Waals surface area contributed by atoms with E-state index in [1.54, 1.807) is 11.9 Å². The molecule has 0 N–H and O–H groups in total. The first-order valence-corrected chi connectivity index (χ1v) is 4.37. The SMILES string of the molecule is CC1=N/C(=C\C(C)(C)C)C(=O)N1C. The summed E-state index contributed by atoms with van der Waals surface area (Å²) in [5.41, 5.74) is 0.562. The maximum absolute atomic E-state index is 11.5. The molecule has 0 aromatic heterocycles. The fourth-order valence-corrected chi connectivity index (χ4v) is 1.12. The van der Waals surface area contributed by atoms with Gasteiger partial charge in [0.15, 0.2) is 0 Å². The van der Waals surface area contributed by atoms with Gasteiger partial charge < -0.3 is 0 Å². The second-order valence-electron chi connectivity index (χ2n) is 4.42. The molecule has 0 aromatic carbocycles. The minimum absolute atomic E-state index is 0.0000463. The zero-order chi connectivity index (χ0) is 10.2. The number of nitrogens with zero attached hydrogens (tertiary/aromatic N) is 2. The van der Waals surface area contributed by atoms with E-state index in [0.717, 1.165) is 5.84 Å². The predicted octanol–water partition coefficient (Wildman–Crippen LogP) is 1.81. The summed E-state index contributed by atoms with van der Waals surface area (Å²) in [5.74, 6) is 0.757. The van der Waals surface area contributed by atoms with E-state index < -0.39 is 0 Å². The van der Waals surface area contributed by atoms with E-state index in [2.05, 4.69) is 25.8 Å². The molecule has 1 heterocycles. The molecule has 0 aliphatic carbocycles. The number of hydrogen-bond donors (Lipinski definition) is 0. The fraction of sp³-hybridized carbons (Fsp3) is 0.600. The molecule has 13 heavy (non-hydrogen) atoms. The van der Waals surface area contributed by atoms with Crippen LogP contribution in [0.25, 0.3) is 0 Å². The Bertz CT molecular complexity index is 295. The van der Waals surface area contributed by atoms with E-state index in [0.29, 0.717) is 5.70 Å². The van der Waals surface area contributed by atoms with Crippen molar-refractivity contribution in [2.45, 2.75) is 27.7 Å². The highest BCUT2D eigenvalue weighted by molar-refractivity contribution is 6.11. The Morgan fingerprint density at radius 1 is 1.38 bits per heavy atom. The molecule has 0 saturated carbocycles. The van der Waals surface area contributed by atoms with Crippen molar-refractivity contribution < 1.29 is 4.79 Å². The number of aliphatic imine (C=N–C) groups is 1. The number of carbonyl (C=O) groups excluding carboxylic acids is 1. The zero-order valence-electron chi connectivity index (χ0n) is 8.88. The van der Waals surface area contributed by atoms with Crippen LogP contribution < -0.4 is 0 Å². The lowest BCUT2D eigenvalue weighted by Crippen LogP contribution is -2.25. The molecular weight excluding hydrogens is 164 g/mol. The molecule has 0 aromatic rings. The minimum atomic E-state index is -0.00701. The van der Waals surface area contributed by atoms with Crippen molar-refractivity contribution in [3.05, 3.63) is 11.8 Å². The van der Waals surface area contributed by atoms with Crippen molar-refractivity contribution in [1.29, 1.82) is 0 Å². The topological polar surface area (TPSA) is 32.7 Å². The molecule has 0 spiro atoms. The van der Waals surface area contributed by atoms with Crippen LogP contribution in [0.4, 0.5) is 0 Å². The third kappa shape index (κ3) is 2.17. The summed E-state index contributed by atoms with van der Waals surface area (Å²) in [6.45, 7) is 7.99. The number of amides is 1. The molecule has 0 saturated heterocycles. The van der Waals surface area contributed by atoms with Gasteiger partial charge in [0.2, 0.25) is 0 Å². The molecule has 72 valence electrons. The maximum atomic E-state index is 11.5. The lowest BCUT2D eigenvalue weighted by molar-refractivity contribution is -0.121. The summed E-state index contributed by atoms with van der Waals surface area (Å²) in [4.78, 5) is 17.3. The zero-order valence-corrected chi connectivity index (χ0v) is 8.88. The summed E-state index contributed by atoms with van der Waals surface area (Å²) in [5, 5.41) is 0. The average Bonchev–Trinajstić information content (AvgIpc) is 2.15. The van der Waals surface area contributed by atoms with Crippen LogP contribution in [0.2, 0.25) is 0 Å². The summed E-state index contributed by atoms with van der Waals surface area (Å²) >= 11 is 0. The van der Waals surface area contributed by atoms with E-state index in [1.807, 2.05) is 13.0 Å². The van der Waals surface area contributed by atoms with Crippen molar-refractivity contribution in [2.75, 3.05) is 7.05 Å². The van der Waals surface area contributed by atoms with Crippen molar-refractivity contribution in [3.63, 3.8) is 0 Å². The van der Waals surface area contributed by atoms with Gasteiger partial charge in [0.25, 0.3) is 5.91 Å². The van der Waals surface area contributed by atoms with Crippen LogP contribution in [-0.4, -0.2) is 23.7 Å². The Morgan fingerprint density at radius 3 is 2.23 bits per heavy atom. The Labute approximate surface area is 79.1 Å². The third-order valence-electron chi connectivity index (χ3n) is 1.86. The largest absolute Gasteiger partial charge is 0.298 e. The van der Waals surface area contributed by atoms with Crippen molar-refractivity contribution in [1.82, 2.24) is 4.90 Å². The van der Waals surface area contributed by atoms with E-state index in [4.69, 9.17) is 0 Å². The molecule has 0 radical (unpaired) electrons. The lowest BCUT2D eigenvalue weighted by Gasteiger charge is -2.12. The van der Waals surface area contributed by atoms with Gasteiger partial charge in [-0.3, -0.25) is 9.69 Å². The van der Waals surface area contributed by atoms with Crippen molar-refractivity contribution in [3.8, 4) is 0 Å². The standard InChI is InChI=1S/C10H16N2O/c1-7-11-8(6-10(2,3)4)9(13)12(7)5/h6H,1-5H3/b8-6-. The van der Waals surface area contributed by atoms with Gasteiger partial charge in [0.1, 0.15) is 11.5 Å². The summed E-state index contributed by atoms with van der Waals surface area (Å²) in [6.07, 6.45) is 1.91. The van der Waals surface area contributed by atoms with Crippen molar-refractivity contribution >= 4 is 11.7 Å². The first-order valence-electron chi connectivity index (χ1n) is 4.37. The molecular formula is C10H16N2O. The van der Waals surface area contributed by atoms with Crippen molar-refractivity contribution in [2.24, 2.45) is 10.4 Å². The summed E-state index contributed by atoms with van der Waals surface area (Å²) < 4.78 is 0. The highest BCUT2D eigenvalue weighted by atomic mass is 16.2. The Kier molecular flexibility index (Phi) is 2.28.